The number of pyridine rings is 1. The highest BCUT2D eigenvalue weighted by molar-refractivity contribution is 5.15. The zero-order valence-electron chi connectivity index (χ0n) is 8.33. The number of aromatic nitrogens is 1. The first-order valence-corrected chi connectivity index (χ1v) is 4.76. The highest BCUT2D eigenvalue weighted by atomic mass is 19.1. The highest BCUT2D eigenvalue weighted by Crippen LogP contribution is 2.14. The molecule has 0 aromatic carbocycles. The van der Waals surface area contributed by atoms with Crippen LogP contribution in [0.4, 0.5) is 4.39 Å². The van der Waals surface area contributed by atoms with Crippen LogP contribution in [0, 0.1) is 5.82 Å². The largest absolute Gasteiger partial charge is 0.305 e. The lowest BCUT2D eigenvalue weighted by Gasteiger charge is -2.13. The predicted octanol–water partition coefficient (Wildman–Crippen LogP) is 2.45. The van der Waals surface area contributed by atoms with Crippen molar-refractivity contribution in [3.8, 4) is 0 Å². The van der Waals surface area contributed by atoms with Gasteiger partial charge in [0.15, 0.2) is 0 Å². The van der Waals surface area contributed by atoms with E-state index in [1.54, 1.807) is 18.3 Å². The molecule has 0 saturated heterocycles. The Labute approximate surface area is 83.9 Å². The number of nitrogens with one attached hydrogen (secondary N) is 1. The molecule has 76 valence electrons. The van der Waals surface area contributed by atoms with Gasteiger partial charge in [-0.15, -0.1) is 6.58 Å². The molecule has 1 unspecified atom stereocenters. The van der Waals surface area contributed by atoms with Crippen LogP contribution in [0.3, 0.4) is 0 Å². The molecule has 0 aliphatic rings. The van der Waals surface area contributed by atoms with Gasteiger partial charge in [-0.1, -0.05) is 13.0 Å². The molecule has 1 aromatic rings. The van der Waals surface area contributed by atoms with Gasteiger partial charge in [-0.2, -0.15) is 0 Å². The molecular formula is C11H15FN2. The number of rotatable bonds is 5. The molecule has 0 aliphatic carbocycles. The molecule has 1 N–H and O–H groups in total. The van der Waals surface area contributed by atoms with Crippen LogP contribution < -0.4 is 5.32 Å². The third-order valence-electron chi connectivity index (χ3n) is 1.93. The minimum absolute atomic E-state index is 0.198. The average molecular weight is 194 g/mol. The van der Waals surface area contributed by atoms with Gasteiger partial charge >= 0.3 is 0 Å². The zero-order chi connectivity index (χ0) is 10.4. The average Bonchev–Trinajstić information content (AvgIpc) is 2.21. The van der Waals surface area contributed by atoms with Gasteiger partial charge in [-0.05, 0) is 25.1 Å². The molecule has 0 fully saturated rings. The molecule has 0 bridgehead atoms. The van der Waals surface area contributed by atoms with Crippen molar-refractivity contribution in [1.82, 2.24) is 10.3 Å². The van der Waals surface area contributed by atoms with E-state index in [0.717, 1.165) is 13.0 Å². The van der Waals surface area contributed by atoms with Crippen LogP contribution in [0.5, 0.6) is 0 Å². The fraction of sp³-hybridized carbons (Fsp3) is 0.364. The smallest absolute Gasteiger partial charge is 0.146 e. The lowest BCUT2D eigenvalue weighted by Crippen LogP contribution is -2.22. The minimum atomic E-state index is -0.291. The third kappa shape index (κ3) is 2.64. The Balaban J connectivity index is 2.78. The fourth-order valence-corrected chi connectivity index (χ4v) is 1.22. The second-order valence-corrected chi connectivity index (χ2v) is 3.04. The van der Waals surface area contributed by atoms with Gasteiger partial charge in [0.25, 0.3) is 0 Å². The van der Waals surface area contributed by atoms with Gasteiger partial charge in [-0.3, -0.25) is 4.98 Å². The van der Waals surface area contributed by atoms with E-state index in [2.05, 4.69) is 23.8 Å². The maximum atomic E-state index is 13.3. The van der Waals surface area contributed by atoms with E-state index in [9.17, 15) is 4.39 Å². The number of hydrogen-bond acceptors (Lipinski definition) is 2. The third-order valence-corrected chi connectivity index (χ3v) is 1.93. The van der Waals surface area contributed by atoms with E-state index in [-0.39, 0.29) is 11.9 Å². The maximum absolute atomic E-state index is 13.3. The first-order chi connectivity index (χ1) is 6.79. The second kappa shape index (κ2) is 5.50. The first kappa shape index (κ1) is 10.9. The summed E-state index contributed by atoms with van der Waals surface area (Å²) in [7, 11) is 0. The molecule has 1 heterocycles. The highest BCUT2D eigenvalue weighted by Gasteiger charge is 2.11. The van der Waals surface area contributed by atoms with E-state index in [4.69, 9.17) is 0 Å². The summed E-state index contributed by atoms with van der Waals surface area (Å²) >= 11 is 0. The summed E-state index contributed by atoms with van der Waals surface area (Å²) in [6.45, 7) is 6.55. The minimum Gasteiger partial charge on any atom is -0.305 e. The Bertz CT molecular complexity index is 299. The molecule has 3 heteroatoms. The van der Waals surface area contributed by atoms with Crippen molar-refractivity contribution >= 4 is 0 Å². The van der Waals surface area contributed by atoms with Gasteiger partial charge in [-0.25, -0.2) is 4.39 Å². The van der Waals surface area contributed by atoms with E-state index < -0.39 is 0 Å². The quantitative estimate of drug-likeness (QED) is 0.728. The predicted molar refractivity (Wildman–Crippen MR) is 55.4 cm³/mol. The molecule has 0 aliphatic heterocycles. The van der Waals surface area contributed by atoms with Crippen LogP contribution >= 0.6 is 0 Å². The molecule has 14 heavy (non-hydrogen) atoms. The van der Waals surface area contributed by atoms with E-state index in [1.807, 2.05) is 0 Å². The molecule has 0 spiro atoms. The maximum Gasteiger partial charge on any atom is 0.146 e. The van der Waals surface area contributed by atoms with Crippen LogP contribution in [0.15, 0.2) is 31.0 Å². The summed E-state index contributed by atoms with van der Waals surface area (Å²) in [5.74, 6) is -0.291. The van der Waals surface area contributed by atoms with E-state index in [0.29, 0.717) is 5.69 Å². The summed E-state index contributed by atoms with van der Waals surface area (Å²) in [4.78, 5) is 3.99. The normalized spacial score (nSPS) is 12.4. The Hall–Kier alpha value is -1.22. The Morgan fingerprint density at radius 3 is 3.07 bits per heavy atom. The summed E-state index contributed by atoms with van der Waals surface area (Å²) < 4.78 is 13.3. The molecule has 1 rings (SSSR count). The molecule has 0 saturated carbocycles. The van der Waals surface area contributed by atoms with Crippen molar-refractivity contribution in [2.75, 3.05) is 6.54 Å². The van der Waals surface area contributed by atoms with Crippen LogP contribution in [0.1, 0.15) is 25.1 Å². The Morgan fingerprint density at radius 1 is 1.71 bits per heavy atom. The Morgan fingerprint density at radius 2 is 2.50 bits per heavy atom. The number of nitrogens with zero attached hydrogens (tertiary/aromatic N) is 1. The van der Waals surface area contributed by atoms with Crippen molar-refractivity contribution in [3.05, 3.63) is 42.5 Å². The van der Waals surface area contributed by atoms with Gasteiger partial charge in [0, 0.05) is 6.20 Å². The van der Waals surface area contributed by atoms with Crippen LogP contribution in [-0.4, -0.2) is 11.5 Å². The number of halogens is 1. The lowest BCUT2D eigenvalue weighted by molar-refractivity contribution is 0.540. The van der Waals surface area contributed by atoms with Crippen LogP contribution in [-0.2, 0) is 0 Å². The Kier molecular flexibility index (Phi) is 4.26. The molecule has 1 atom stereocenters. The fourth-order valence-electron chi connectivity index (χ4n) is 1.22. The van der Waals surface area contributed by atoms with Crippen LogP contribution in [0.25, 0.3) is 0 Å². The van der Waals surface area contributed by atoms with Crippen molar-refractivity contribution in [1.29, 1.82) is 0 Å². The molecule has 0 radical (unpaired) electrons. The molecular weight excluding hydrogens is 179 g/mol. The monoisotopic (exact) mass is 194 g/mol. The first-order valence-electron chi connectivity index (χ1n) is 4.76. The van der Waals surface area contributed by atoms with Crippen molar-refractivity contribution in [3.63, 3.8) is 0 Å². The topological polar surface area (TPSA) is 24.9 Å². The van der Waals surface area contributed by atoms with Gasteiger partial charge in [0.1, 0.15) is 5.82 Å². The van der Waals surface area contributed by atoms with E-state index in [1.165, 1.54) is 6.07 Å². The van der Waals surface area contributed by atoms with Crippen molar-refractivity contribution in [2.45, 2.75) is 19.4 Å². The zero-order valence-corrected chi connectivity index (χ0v) is 8.33. The van der Waals surface area contributed by atoms with Gasteiger partial charge in [0.2, 0.25) is 0 Å². The molecule has 0 amide bonds. The summed E-state index contributed by atoms with van der Waals surface area (Å²) in [6, 6.07) is 2.79. The summed E-state index contributed by atoms with van der Waals surface area (Å²) in [5, 5.41) is 3.16. The standard InChI is InChI=1S/C11H15FN2/c1-3-7-13-10(4-2)11-9(12)6-5-8-14-11/h4-6,8,10,13H,2-3,7H2,1H3. The molecule has 1 aromatic heterocycles. The van der Waals surface area contributed by atoms with Crippen molar-refractivity contribution < 1.29 is 4.39 Å². The summed E-state index contributed by atoms with van der Waals surface area (Å²) in [6.07, 6.45) is 4.25. The second-order valence-electron chi connectivity index (χ2n) is 3.04. The van der Waals surface area contributed by atoms with E-state index >= 15 is 0 Å². The van der Waals surface area contributed by atoms with Crippen molar-refractivity contribution in [2.24, 2.45) is 0 Å². The molecule has 2 nitrogen and oxygen atoms in total. The van der Waals surface area contributed by atoms with Crippen LogP contribution in [0.2, 0.25) is 0 Å². The SMILES string of the molecule is C=CC(NCCC)c1ncccc1F. The lowest BCUT2D eigenvalue weighted by atomic mass is 10.1. The number of hydrogen-bond donors (Lipinski definition) is 1. The van der Waals surface area contributed by atoms with Gasteiger partial charge in [0.05, 0.1) is 11.7 Å². The summed E-state index contributed by atoms with van der Waals surface area (Å²) in [5.41, 5.74) is 0.413. The van der Waals surface area contributed by atoms with Gasteiger partial charge < -0.3 is 5.32 Å².